The van der Waals surface area contributed by atoms with Crippen molar-refractivity contribution in [3.8, 4) is 11.4 Å². The molecule has 0 unspecified atom stereocenters. The second-order valence-corrected chi connectivity index (χ2v) is 2.45. The van der Waals surface area contributed by atoms with Crippen LogP contribution < -0.4 is 5.73 Å². The van der Waals surface area contributed by atoms with Crippen LogP contribution in [-0.4, -0.2) is 25.4 Å². The molecule has 6 nitrogen and oxygen atoms in total. The summed E-state index contributed by atoms with van der Waals surface area (Å²) in [6, 6.07) is 0. The van der Waals surface area contributed by atoms with Crippen molar-refractivity contribution in [3.05, 3.63) is 24.3 Å². The lowest BCUT2D eigenvalue weighted by molar-refractivity contribution is 0.935. The van der Waals surface area contributed by atoms with E-state index in [9.17, 15) is 0 Å². The predicted octanol–water partition coefficient (Wildman–Crippen LogP) is -0.280. The number of hydrogen-bond donors (Lipinski definition) is 2. The molecule has 3 N–H and O–H groups in total. The Balaban J connectivity index is 2.33. The summed E-state index contributed by atoms with van der Waals surface area (Å²) in [7, 11) is 0. The Kier molecular flexibility index (Phi) is 1.97. The topological polar surface area (TPSA) is 93.4 Å². The zero-order valence-corrected chi connectivity index (χ0v) is 6.81. The third-order valence-corrected chi connectivity index (χ3v) is 1.59. The summed E-state index contributed by atoms with van der Waals surface area (Å²) in [4.78, 5) is 8.21. The van der Waals surface area contributed by atoms with Crippen molar-refractivity contribution in [2.45, 2.75) is 6.54 Å². The Morgan fingerprint density at radius 3 is 2.62 bits per heavy atom. The second kappa shape index (κ2) is 3.28. The Morgan fingerprint density at radius 1 is 1.15 bits per heavy atom. The van der Waals surface area contributed by atoms with Gasteiger partial charge in [-0.1, -0.05) is 0 Å². The van der Waals surface area contributed by atoms with Crippen molar-refractivity contribution in [2.24, 2.45) is 5.73 Å². The van der Waals surface area contributed by atoms with Gasteiger partial charge in [0, 0.05) is 6.54 Å². The van der Waals surface area contributed by atoms with Gasteiger partial charge >= 0.3 is 0 Å². The highest BCUT2D eigenvalue weighted by molar-refractivity contribution is 5.49. The highest BCUT2D eigenvalue weighted by Crippen LogP contribution is 2.09. The fourth-order valence-electron chi connectivity index (χ4n) is 0.917. The summed E-state index contributed by atoms with van der Waals surface area (Å²) in [6.45, 7) is 0.395. The highest BCUT2D eigenvalue weighted by Gasteiger charge is 2.01. The van der Waals surface area contributed by atoms with Gasteiger partial charge in [-0.3, -0.25) is 9.97 Å². The maximum atomic E-state index is 5.38. The molecule has 0 radical (unpaired) electrons. The highest BCUT2D eigenvalue weighted by atomic mass is 15.3. The second-order valence-electron chi connectivity index (χ2n) is 2.45. The molecule has 0 atom stereocenters. The van der Waals surface area contributed by atoms with Crippen LogP contribution in [0.1, 0.15) is 5.69 Å². The van der Waals surface area contributed by atoms with E-state index in [2.05, 4.69) is 25.4 Å². The summed E-state index contributed by atoms with van der Waals surface area (Å²) in [5.41, 5.74) is 7.50. The molecule has 0 amide bonds. The van der Waals surface area contributed by atoms with E-state index < -0.39 is 0 Å². The van der Waals surface area contributed by atoms with E-state index in [1.165, 1.54) is 0 Å². The lowest BCUT2D eigenvalue weighted by Crippen LogP contribution is -2.00. The number of nitrogens with one attached hydrogen (secondary N) is 1. The number of rotatable bonds is 2. The number of aromatic amines is 1. The molecule has 2 rings (SSSR count). The van der Waals surface area contributed by atoms with Gasteiger partial charge in [0.05, 0.1) is 24.3 Å². The lowest BCUT2D eigenvalue weighted by Gasteiger charge is -1.95. The standard InChI is InChI=1S/C7H8N6/c8-1-5-2-10-6(3-9-5)7-4-11-13-12-7/h2-4H,1,8H2,(H,11,12,13). The smallest absolute Gasteiger partial charge is 0.132 e. The largest absolute Gasteiger partial charge is 0.325 e. The van der Waals surface area contributed by atoms with Crippen LogP contribution in [0.3, 0.4) is 0 Å². The van der Waals surface area contributed by atoms with E-state index in [1.54, 1.807) is 18.6 Å². The molecular weight excluding hydrogens is 168 g/mol. The SMILES string of the molecule is NCc1cnc(-c2cn[nH]n2)cn1. The molecule has 0 saturated heterocycles. The van der Waals surface area contributed by atoms with Crippen molar-refractivity contribution < 1.29 is 0 Å². The fourth-order valence-corrected chi connectivity index (χ4v) is 0.917. The molecule has 0 aliphatic carbocycles. The minimum Gasteiger partial charge on any atom is -0.325 e. The van der Waals surface area contributed by atoms with Crippen LogP contribution in [0.4, 0.5) is 0 Å². The minimum atomic E-state index is 0.395. The quantitative estimate of drug-likeness (QED) is 0.656. The Bertz CT molecular complexity index is 364. The van der Waals surface area contributed by atoms with E-state index >= 15 is 0 Å². The third kappa shape index (κ3) is 1.52. The molecule has 13 heavy (non-hydrogen) atoms. The number of aromatic nitrogens is 5. The van der Waals surface area contributed by atoms with Crippen LogP contribution in [0.25, 0.3) is 11.4 Å². The van der Waals surface area contributed by atoms with Crippen LogP contribution >= 0.6 is 0 Å². The molecule has 0 bridgehead atoms. The van der Waals surface area contributed by atoms with Crippen LogP contribution in [0.5, 0.6) is 0 Å². The normalized spacial score (nSPS) is 10.2. The first-order valence-corrected chi connectivity index (χ1v) is 3.77. The van der Waals surface area contributed by atoms with Crippen LogP contribution in [0.2, 0.25) is 0 Å². The Labute approximate surface area is 74.2 Å². The molecule has 2 aromatic heterocycles. The van der Waals surface area contributed by atoms with Gasteiger partial charge < -0.3 is 5.73 Å². The first-order valence-electron chi connectivity index (χ1n) is 3.77. The van der Waals surface area contributed by atoms with E-state index in [4.69, 9.17) is 5.73 Å². The third-order valence-electron chi connectivity index (χ3n) is 1.59. The molecule has 0 saturated carbocycles. The van der Waals surface area contributed by atoms with Crippen molar-refractivity contribution in [1.29, 1.82) is 0 Å². The van der Waals surface area contributed by atoms with Gasteiger partial charge in [0.25, 0.3) is 0 Å². The molecule has 0 aliphatic rings. The average molecular weight is 176 g/mol. The summed E-state index contributed by atoms with van der Waals surface area (Å²) < 4.78 is 0. The summed E-state index contributed by atoms with van der Waals surface area (Å²) in [5.74, 6) is 0. The predicted molar refractivity (Wildman–Crippen MR) is 45.3 cm³/mol. The van der Waals surface area contributed by atoms with Gasteiger partial charge in [-0.2, -0.15) is 15.4 Å². The fraction of sp³-hybridized carbons (Fsp3) is 0.143. The number of nitrogens with zero attached hydrogens (tertiary/aromatic N) is 4. The van der Waals surface area contributed by atoms with Crippen molar-refractivity contribution >= 4 is 0 Å². The molecule has 0 spiro atoms. The summed E-state index contributed by atoms with van der Waals surface area (Å²) in [6.07, 6.45) is 4.84. The monoisotopic (exact) mass is 176 g/mol. The number of hydrogen-bond acceptors (Lipinski definition) is 5. The Morgan fingerprint density at radius 2 is 2.08 bits per heavy atom. The van der Waals surface area contributed by atoms with Gasteiger partial charge in [0.15, 0.2) is 0 Å². The van der Waals surface area contributed by atoms with E-state index in [1.807, 2.05) is 0 Å². The van der Waals surface area contributed by atoms with Gasteiger partial charge in [-0.25, -0.2) is 0 Å². The lowest BCUT2D eigenvalue weighted by atomic mass is 10.3. The molecule has 66 valence electrons. The molecule has 0 fully saturated rings. The van der Waals surface area contributed by atoms with Gasteiger partial charge in [0.2, 0.25) is 0 Å². The number of H-pyrrole nitrogens is 1. The van der Waals surface area contributed by atoms with Gasteiger partial charge in [-0.05, 0) is 0 Å². The number of nitrogens with two attached hydrogens (primary N) is 1. The first-order chi connectivity index (χ1) is 6.40. The summed E-state index contributed by atoms with van der Waals surface area (Å²) >= 11 is 0. The Hall–Kier alpha value is -1.82. The zero-order chi connectivity index (χ0) is 9.10. The molecule has 2 heterocycles. The van der Waals surface area contributed by atoms with E-state index in [0.29, 0.717) is 17.9 Å². The van der Waals surface area contributed by atoms with E-state index in [0.717, 1.165) is 5.69 Å². The van der Waals surface area contributed by atoms with Gasteiger partial charge in [-0.15, -0.1) is 0 Å². The molecule has 6 heteroatoms. The molecule has 2 aromatic rings. The van der Waals surface area contributed by atoms with Crippen molar-refractivity contribution in [3.63, 3.8) is 0 Å². The van der Waals surface area contributed by atoms with Crippen LogP contribution in [0.15, 0.2) is 18.6 Å². The zero-order valence-electron chi connectivity index (χ0n) is 6.81. The van der Waals surface area contributed by atoms with Crippen LogP contribution in [0, 0.1) is 0 Å². The average Bonchev–Trinajstić information content (AvgIpc) is 2.71. The van der Waals surface area contributed by atoms with Crippen molar-refractivity contribution in [1.82, 2.24) is 25.4 Å². The molecule has 0 aliphatic heterocycles. The maximum Gasteiger partial charge on any atom is 0.132 e. The maximum absolute atomic E-state index is 5.38. The summed E-state index contributed by atoms with van der Waals surface area (Å²) in [5, 5.41) is 10.0. The minimum absolute atomic E-state index is 0.395. The molecule has 0 aromatic carbocycles. The van der Waals surface area contributed by atoms with Crippen LogP contribution in [-0.2, 0) is 6.54 Å². The van der Waals surface area contributed by atoms with E-state index in [-0.39, 0.29) is 0 Å². The molecular formula is C7H8N6. The van der Waals surface area contributed by atoms with Gasteiger partial charge in [0.1, 0.15) is 11.4 Å². The van der Waals surface area contributed by atoms with Crippen molar-refractivity contribution in [2.75, 3.05) is 0 Å². The first kappa shape index (κ1) is 7.81.